The molecule has 0 aliphatic heterocycles. The second kappa shape index (κ2) is 11.9. The van der Waals surface area contributed by atoms with Crippen molar-refractivity contribution in [2.75, 3.05) is 7.05 Å². The summed E-state index contributed by atoms with van der Waals surface area (Å²) in [7, 11) is 1.36. The molecule has 0 aromatic heterocycles. The van der Waals surface area contributed by atoms with Gasteiger partial charge >= 0.3 is 0 Å². The van der Waals surface area contributed by atoms with Crippen molar-refractivity contribution in [3.8, 4) is 0 Å². The van der Waals surface area contributed by atoms with Gasteiger partial charge in [-0.1, -0.05) is 25.2 Å². The maximum Gasteiger partial charge on any atom is 0.256 e. The number of halogens is 1. The Kier molecular flexibility index (Phi) is 9.92. The van der Waals surface area contributed by atoms with E-state index in [0.717, 1.165) is 24.6 Å². The molecule has 0 aromatic rings. The molecule has 0 fully saturated rings. The molecule has 0 spiro atoms. The van der Waals surface area contributed by atoms with Crippen molar-refractivity contribution in [3.05, 3.63) is 47.2 Å². The molecule has 1 aliphatic rings. The van der Waals surface area contributed by atoms with Crippen LogP contribution in [0.1, 0.15) is 52.9 Å². The zero-order chi connectivity index (χ0) is 21.1. The van der Waals surface area contributed by atoms with E-state index in [1.807, 2.05) is 13.0 Å². The van der Waals surface area contributed by atoms with Crippen LogP contribution in [0, 0.1) is 0 Å². The number of hydrogen-bond donors (Lipinski definition) is 2. The third kappa shape index (κ3) is 6.79. The predicted molar refractivity (Wildman–Crippen MR) is 109 cm³/mol. The average Bonchev–Trinajstić information content (AvgIpc) is 2.69. The first-order valence-corrected chi connectivity index (χ1v) is 9.49. The lowest BCUT2D eigenvalue weighted by atomic mass is 9.91. The summed E-state index contributed by atoms with van der Waals surface area (Å²) < 4.78 is 14.6. The number of carbonyl (C=O) groups is 2. The number of nitrogens with zero attached hydrogens (tertiary/aromatic N) is 2. The van der Waals surface area contributed by atoms with E-state index in [-0.39, 0.29) is 11.9 Å². The maximum absolute atomic E-state index is 14.6. The van der Waals surface area contributed by atoms with Gasteiger partial charge in [0, 0.05) is 31.3 Å². The van der Waals surface area contributed by atoms with Crippen molar-refractivity contribution in [3.63, 3.8) is 0 Å². The molecular formula is C21H30FN3O3. The molecule has 1 rings (SSSR count). The fourth-order valence-electron chi connectivity index (χ4n) is 2.62. The number of amidine groups is 1. The van der Waals surface area contributed by atoms with Crippen molar-refractivity contribution in [2.45, 2.75) is 58.9 Å². The minimum atomic E-state index is -0.810. The highest BCUT2D eigenvalue weighted by molar-refractivity contribution is 6.12. The number of nitrogens with one attached hydrogen (secondary N) is 1. The van der Waals surface area contributed by atoms with Crippen LogP contribution in [0.3, 0.4) is 0 Å². The first-order valence-electron chi connectivity index (χ1n) is 9.49. The molecule has 154 valence electrons. The summed E-state index contributed by atoms with van der Waals surface area (Å²) in [6, 6.07) is -0.267. The Balaban J connectivity index is 2.79. The molecule has 2 N–H and O–H groups in total. The van der Waals surface area contributed by atoms with E-state index in [1.165, 1.54) is 11.9 Å². The minimum Gasteiger partial charge on any atom is -0.512 e. The molecule has 1 unspecified atom stereocenters. The van der Waals surface area contributed by atoms with Crippen LogP contribution in [0.5, 0.6) is 0 Å². The Bertz CT molecular complexity index is 720. The summed E-state index contributed by atoms with van der Waals surface area (Å²) in [4.78, 5) is 28.7. The Morgan fingerprint density at radius 2 is 2.14 bits per heavy atom. The van der Waals surface area contributed by atoms with Crippen LogP contribution in [0.15, 0.2) is 52.2 Å². The van der Waals surface area contributed by atoms with Crippen LogP contribution in [0.4, 0.5) is 4.39 Å². The summed E-state index contributed by atoms with van der Waals surface area (Å²) in [6.07, 6.45) is 10.3. The molecule has 28 heavy (non-hydrogen) atoms. The van der Waals surface area contributed by atoms with Gasteiger partial charge in [-0.25, -0.2) is 4.39 Å². The molecule has 1 aliphatic carbocycles. The standard InChI is InChI=1S/C21H30FN3O3/c1-5-7-8-16(6-2)21(28)24-20(23-4)18(22)13-25(14-26)15(3)9-10-17-11-12-19(17)27/h6-8,13-15,27H,5,9-12H2,1-4H3,(H,23,24,28)/b8-7-,16-6+,18-13+. The Morgan fingerprint density at radius 3 is 2.61 bits per heavy atom. The zero-order valence-corrected chi connectivity index (χ0v) is 17.0. The van der Waals surface area contributed by atoms with Crippen LogP contribution in [0.25, 0.3) is 0 Å². The van der Waals surface area contributed by atoms with Crippen LogP contribution in [0.2, 0.25) is 0 Å². The summed E-state index contributed by atoms with van der Waals surface area (Å²) in [5.74, 6) is -1.11. The number of allylic oxidation sites excluding steroid dienone is 4. The van der Waals surface area contributed by atoms with Gasteiger partial charge in [0.25, 0.3) is 5.91 Å². The number of aliphatic imine (C=N–C) groups is 1. The third-order valence-corrected chi connectivity index (χ3v) is 4.62. The van der Waals surface area contributed by atoms with E-state index in [9.17, 15) is 19.1 Å². The van der Waals surface area contributed by atoms with Gasteiger partial charge in [-0.15, -0.1) is 0 Å². The van der Waals surface area contributed by atoms with E-state index in [4.69, 9.17) is 0 Å². The molecule has 0 aromatic carbocycles. The average molecular weight is 391 g/mol. The van der Waals surface area contributed by atoms with Crippen molar-refractivity contribution in [1.29, 1.82) is 0 Å². The van der Waals surface area contributed by atoms with Gasteiger partial charge in [0.05, 0.1) is 5.76 Å². The van der Waals surface area contributed by atoms with Gasteiger partial charge in [0.15, 0.2) is 11.7 Å². The first kappa shape index (κ1) is 23.3. The largest absolute Gasteiger partial charge is 0.512 e. The summed E-state index contributed by atoms with van der Waals surface area (Å²) in [5, 5.41) is 12.0. The molecule has 0 saturated carbocycles. The van der Waals surface area contributed by atoms with Crippen LogP contribution in [-0.2, 0) is 9.59 Å². The van der Waals surface area contributed by atoms with Crippen LogP contribution < -0.4 is 5.32 Å². The SMILES string of the molecule is C/C=C(\C=C/CC)C(=O)NC(=NC)/C(F)=C\N(C=O)C(C)CCC1=C(O)CC1. The Hall–Kier alpha value is -2.70. The smallest absolute Gasteiger partial charge is 0.256 e. The van der Waals surface area contributed by atoms with Crippen LogP contribution in [-0.4, -0.2) is 41.2 Å². The molecule has 0 heterocycles. The minimum absolute atomic E-state index is 0.243. The molecule has 2 amide bonds. The second-order valence-electron chi connectivity index (χ2n) is 6.55. The first-order chi connectivity index (χ1) is 13.4. The number of carbonyl (C=O) groups excluding carboxylic acids is 2. The van der Waals surface area contributed by atoms with Gasteiger partial charge in [-0.3, -0.25) is 14.6 Å². The highest BCUT2D eigenvalue weighted by Gasteiger charge is 2.19. The topological polar surface area (TPSA) is 82.0 Å². The normalized spacial score (nSPS) is 16.8. The van der Waals surface area contributed by atoms with Crippen molar-refractivity contribution in [1.82, 2.24) is 10.2 Å². The second-order valence-corrected chi connectivity index (χ2v) is 6.55. The van der Waals surface area contributed by atoms with E-state index < -0.39 is 11.7 Å². The lowest BCUT2D eigenvalue weighted by Gasteiger charge is -2.24. The monoisotopic (exact) mass is 391 g/mol. The fourth-order valence-corrected chi connectivity index (χ4v) is 2.62. The highest BCUT2D eigenvalue weighted by Crippen LogP contribution is 2.30. The van der Waals surface area contributed by atoms with E-state index in [1.54, 1.807) is 26.0 Å². The molecule has 6 nitrogen and oxygen atoms in total. The molecule has 1 atom stereocenters. The van der Waals surface area contributed by atoms with E-state index in [0.29, 0.717) is 37.0 Å². The van der Waals surface area contributed by atoms with Gasteiger partial charge in [-0.2, -0.15) is 0 Å². The van der Waals surface area contributed by atoms with Gasteiger partial charge < -0.3 is 15.3 Å². The Labute approximate surface area is 166 Å². The van der Waals surface area contributed by atoms with E-state index in [2.05, 4.69) is 10.3 Å². The van der Waals surface area contributed by atoms with E-state index >= 15 is 0 Å². The third-order valence-electron chi connectivity index (χ3n) is 4.62. The summed E-state index contributed by atoms with van der Waals surface area (Å²) >= 11 is 0. The molecular weight excluding hydrogens is 361 g/mol. The molecule has 0 radical (unpaired) electrons. The van der Waals surface area contributed by atoms with Crippen molar-refractivity contribution in [2.24, 2.45) is 4.99 Å². The summed E-state index contributed by atoms with van der Waals surface area (Å²) in [6.45, 7) is 5.46. The van der Waals surface area contributed by atoms with Crippen molar-refractivity contribution < 1.29 is 19.1 Å². The van der Waals surface area contributed by atoms with Crippen molar-refractivity contribution >= 4 is 18.2 Å². The van der Waals surface area contributed by atoms with Crippen LogP contribution >= 0.6 is 0 Å². The highest BCUT2D eigenvalue weighted by atomic mass is 19.1. The lowest BCUT2D eigenvalue weighted by Crippen LogP contribution is -2.34. The number of amides is 2. The molecule has 0 bridgehead atoms. The fraction of sp³-hybridized carbons (Fsp3) is 0.476. The number of rotatable bonds is 10. The molecule has 0 saturated heterocycles. The van der Waals surface area contributed by atoms with Gasteiger partial charge in [0.2, 0.25) is 6.41 Å². The number of aliphatic hydroxyl groups is 1. The molecule has 7 heteroatoms. The lowest BCUT2D eigenvalue weighted by molar-refractivity contribution is -0.117. The number of hydrogen-bond acceptors (Lipinski definition) is 4. The Morgan fingerprint density at radius 1 is 1.43 bits per heavy atom. The summed E-state index contributed by atoms with van der Waals surface area (Å²) in [5.41, 5.74) is 1.38. The quantitative estimate of drug-likeness (QED) is 0.193. The van der Waals surface area contributed by atoms with Gasteiger partial charge in [0.1, 0.15) is 0 Å². The predicted octanol–water partition coefficient (Wildman–Crippen LogP) is 4.09. The maximum atomic E-state index is 14.6. The van der Waals surface area contributed by atoms with Gasteiger partial charge in [-0.05, 0) is 45.1 Å². The zero-order valence-electron chi connectivity index (χ0n) is 17.0. The number of aliphatic hydroxyl groups excluding tert-OH is 1.